The van der Waals surface area contributed by atoms with Gasteiger partial charge < -0.3 is 15.7 Å². The smallest absolute Gasteiger partial charge is 0.703 e. The first-order valence-electron chi connectivity index (χ1n) is 22.9. The van der Waals surface area contributed by atoms with Crippen LogP contribution in [0.15, 0.2) is 164 Å². The molecule has 5 heteroatoms. The molecule has 7 aromatic carbocycles. The van der Waals surface area contributed by atoms with Gasteiger partial charge in [-0.25, -0.2) is 0 Å². The van der Waals surface area contributed by atoms with E-state index in [1.165, 1.54) is 16.7 Å². The van der Waals surface area contributed by atoms with Crippen molar-refractivity contribution in [1.29, 1.82) is 0 Å². The van der Waals surface area contributed by atoms with Crippen molar-refractivity contribution < 1.29 is 26.2 Å². The Labute approximate surface area is 407 Å². The van der Waals surface area contributed by atoms with Gasteiger partial charge in [-0.3, -0.25) is 4.98 Å². The number of anilines is 2. The largest absolute Gasteiger partial charge is 2.00 e. The van der Waals surface area contributed by atoms with Crippen LogP contribution >= 0.6 is 0 Å². The van der Waals surface area contributed by atoms with Crippen molar-refractivity contribution in [3.63, 3.8) is 0 Å². The topological polar surface area (TPSA) is 60.2 Å². The molecule has 0 bridgehead atoms. The molecule has 1 heterocycles. The van der Waals surface area contributed by atoms with Gasteiger partial charge in [0.05, 0.1) is 6.54 Å². The number of rotatable bonds is 11. The van der Waals surface area contributed by atoms with E-state index in [-0.39, 0.29) is 31.9 Å². The van der Waals surface area contributed by atoms with E-state index in [0.717, 1.165) is 84.7 Å². The molecule has 0 atom stereocenters. The maximum absolute atomic E-state index is 12.0. The Bertz CT molecular complexity index is 2940. The number of aromatic hydroxyl groups is 1. The van der Waals surface area contributed by atoms with Crippen LogP contribution in [0.2, 0.25) is 0 Å². The second-order valence-electron chi connectivity index (χ2n) is 20.0. The standard InChI is InChI=1S/C61H61N3O.Pt/c1-40(2)31-42-23-28-56(53(34-42)46-19-14-11-15-20-46)64(39-50-32-41(3)33-54(59(50)65)61(7,8)9)57-22-16-21-52(58(57)62)48-35-49(37-51(36-48)60(4,5)6)55-38-47(29-30-63-55)45-26-24-44(25-27-45)43-17-12-10-13-18-43;/h10-30,32-34,36-38,40,62,65H,31,39H2,1-9H3;/q-2;+2. The molecule has 1 aromatic heterocycles. The van der Waals surface area contributed by atoms with E-state index < -0.39 is 0 Å². The average Bonchev–Trinajstić information content (AvgIpc) is 3.29. The first-order valence-corrected chi connectivity index (χ1v) is 22.9. The summed E-state index contributed by atoms with van der Waals surface area (Å²) < 4.78 is 0. The normalized spacial score (nSPS) is 11.7. The van der Waals surface area contributed by atoms with Crippen molar-refractivity contribution in [2.45, 2.75) is 86.1 Å². The average molecular weight is 1050 g/mol. The Hall–Kier alpha value is -6.22. The SMILES string of the molecule is Cc1cc(CN(c2ccc(CC(C)C)cc2-c2ccccc2)c2cccc(-c3[c-]c(-c4cc(-c5ccc(-c6ccccc6)cc5)ccn4)cc(C(C)(C)C)c3)c2[NH-])c(O)c(C(C)(C)C)c1.[Pt+2]. The summed E-state index contributed by atoms with van der Waals surface area (Å²) in [5.74, 6) is 0.789. The first kappa shape index (κ1) is 47.7. The third-order valence-corrected chi connectivity index (χ3v) is 12.3. The van der Waals surface area contributed by atoms with Gasteiger partial charge in [-0.1, -0.05) is 193 Å². The summed E-state index contributed by atoms with van der Waals surface area (Å²) >= 11 is 0. The number of hydrogen-bond donors (Lipinski definition) is 1. The maximum atomic E-state index is 12.0. The molecule has 0 fully saturated rings. The number of hydrogen-bond acceptors (Lipinski definition) is 3. The molecule has 336 valence electrons. The van der Waals surface area contributed by atoms with Crippen LogP contribution in [0.25, 0.3) is 61.5 Å². The number of benzene rings is 7. The summed E-state index contributed by atoms with van der Waals surface area (Å²) in [6, 6.07) is 59.1. The zero-order valence-electron chi connectivity index (χ0n) is 39.7. The quantitative estimate of drug-likeness (QED) is 0.131. The third kappa shape index (κ3) is 10.6. The fraction of sp³-hybridized carbons (Fsp3) is 0.230. The Balaban J connectivity index is 0.00000648. The molecular weight excluding hydrogens is 986 g/mol. The van der Waals surface area contributed by atoms with E-state index in [0.29, 0.717) is 23.9 Å². The zero-order valence-corrected chi connectivity index (χ0v) is 42.0. The minimum Gasteiger partial charge on any atom is -0.703 e. The predicted molar refractivity (Wildman–Crippen MR) is 275 cm³/mol. The van der Waals surface area contributed by atoms with Crippen molar-refractivity contribution >= 4 is 17.1 Å². The summed E-state index contributed by atoms with van der Waals surface area (Å²) in [5.41, 5.74) is 27.1. The Morgan fingerprint density at radius 1 is 0.606 bits per heavy atom. The molecule has 0 saturated heterocycles. The number of phenols is 1. The summed E-state index contributed by atoms with van der Waals surface area (Å²) in [6.07, 6.45) is 2.83. The van der Waals surface area contributed by atoms with Gasteiger partial charge in [0.2, 0.25) is 0 Å². The molecule has 2 N–H and O–H groups in total. The van der Waals surface area contributed by atoms with Gasteiger partial charge in [0.15, 0.2) is 0 Å². The summed E-state index contributed by atoms with van der Waals surface area (Å²) in [4.78, 5) is 7.14. The van der Waals surface area contributed by atoms with Crippen LogP contribution in [0.1, 0.15) is 83.2 Å². The van der Waals surface area contributed by atoms with Crippen molar-refractivity contribution in [3.8, 4) is 61.5 Å². The van der Waals surface area contributed by atoms with Gasteiger partial charge in [0.25, 0.3) is 0 Å². The second kappa shape index (κ2) is 19.7. The number of pyridine rings is 1. The molecule has 8 aromatic rings. The number of phenolic OH excluding ortho intramolecular Hbond substituents is 1. The molecule has 0 radical (unpaired) electrons. The van der Waals surface area contributed by atoms with Crippen LogP contribution in [-0.2, 0) is 44.9 Å². The fourth-order valence-corrected chi connectivity index (χ4v) is 8.80. The minimum absolute atomic E-state index is 0. The molecule has 0 aliphatic carbocycles. The van der Waals surface area contributed by atoms with E-state index in [1.54, 1.807) is 0 Å². The van der Waals surface area contributed by atoms with E-state index in [9.17, 15) is 10.8 Å². The van der Waals surface area contributed by atoms with Crippen molar-refractivity contribution in [2.75, 3.05) is 4.90 Å². The fourth-order valence-electron chi connectivity index (χ4n) is 8.80. The van der Waals surface area contributed by atoms with Gasteiger partial charge in [-0.2, -0.15) is 0 Å². The van der Waals surface area contributed by atoms with Gasteiger partial charge >= 0.3 is 21.1 Å². The second-order valence-corrected chi connectivity index (χ2v) is 20.0. The van der Waals surface area contributed by atoms with Gasteiger partial charge in [-0.05, 0) is 93.3 Å². The van der Waals surface area contributed by atoms with E-state index in [1.807, 2.05) is 24.4 Å². The number of nitrogens with one attached hydrogen (secondary N) is 1. The van der Waals surface area contributed by atoms with E-state index in [2.05, 4.69) is 213 Å². The maximum Gasteiger partial charge on any atom is 2.00 e. The third-order valence-electron chi connectivity index (χ3n) is 12.3. The van der Waals surface area contributed by atoms with Crippen LogP contribution in [0.4, 0.5) is 17.1 Å². The molecule has 0 amide bonds. The summed E-state index contributed by atoms with van der Waals surface area (Å²) in [5, 5.41) is 12.0. The molecule has 0 aliphatic rings. The van der Waals surface area contributed by atoms with Crippen molar-refractivity contribution in [2.24, 2.45) is 5.92 Å². The van der Waals surface area contributed by atoms with Gasteiger partial charge in [0, 0.05) is 34.4 Å². The minimum atomic E-state index is -0.267. The van der Waals surface area contributed by atoms with Crippen LogP contribution in [0.5, 0.6) is 5.75 Å². The Morgan fingerprint density at radius 2 is 1.23 bits per heavy atom. The van der Waals surface area contributed by atoms with Crippen LogP contribution in [-0.4, -0.2) is 10.1 Å². The molecule has 0 aliphatic heterocycles. The van der Waals surface area contributed by atoms with Crippen LogP contribution in [0, 0.1) is 18.9 Å². The first-order chi connectivity index (χ1) is 31.0. The predicted octanol–water partition coefficient (Wildman–Crippen LogP) is 17.0. The van der Waals surface area contributed by atoms with E-state index >= 15 is 0 Å². The molecule has 0 unspecified atom stereocenters. The number of aryl methyl sites for hydroxylation is 1. The van der Waals surface area contributed by atoms with Crippen molar-refractivity contribution in [1.82, 2.24) is 4.98 Å². The molecule has 4 nitrogen and oxygen atoms in total. The summed E-state index contributed by atoms with van der Waals surface area (Å²) in [7, 11) is 0. The van der Waals surface area contributed by atoms with Gasteiger partial charge in [0.1, 0.15) is 5.75 Å². The molecule has 66 heavy (non-hydrogen) atoms. The number of nitrogens with zero attached hydrogens (tertiary/aromatic N) is 2. The molecule has 8 rings (SSSR count). The molecule has 0 saturated carbocycles. The number of aromatic nitrogens is 1. The molecular formula is C61H61N3OPt. The summed E-state index contributed by atoms with van der Waals surface area (Å²) in [6.45, 7) is 20.0. The monoisotopic (exact) mass is 1050 g/mol. The Morgan fingerprint density at radius 3 is 1.86 bits per heavy atom. The molecule has 0 spiro atoms. The van der Waals surface area contributed by atoms with Crippen molar-refractivity contribution in [3.05, 3.63) is 204 Å². The zero-order chi connectivity index (χ0) is 46.0. The van der Waals surface area contributed by atoms with Crippen LogP contribution in [0.3, 0.4) is 0 Å². The van der Waals surface area contributed by atoms with Gasteiger partial charge in [-0.15, -0.1) is 35.0 Å². The van der Waals surface area contributed by atoms with E-state index in [4.69, 9.17) is 4.98 Å². The Kier molecular flexibility index (Phi) is 14.3. The van der Waals surface area contributed by atoms with Crippen LogP contribution < -0.4 is 4.90 Å².